The Morgan fingerprint density at radius 2 is 1.92 bits per heavy atom. The Hall–Kier alpha value is -3.61. The maximum atomic E-state index is 12.6. The van der Waals surface area contributed by atoms with Gasteiger partial charge in [0, 0.05) is 5.92 Å². The molecular weight excluding hydrogens is 500 g/mol. The smallest absolute Gasteiger partial charge is 0.268 e. The Kier molecular flexibility index (Phi) is 9.28. The Morgan fingerprint density at radius 3 is 2.56 bits per heavy atom. The van der Waals surface area contributed by atoms with Gasteiger partial charge in [0.2, 0.25) is 5.13 Å². The number of rotatable bonds is 10. The molecule has 188 valence electrons. The van der Waals surface area contributed by atoms with Crippen molar-refractivity contribution in [1.82, 2.24) is 10.2 Å². The number of amides is 1. The highest BCUT2D eigenvalue weighted by atomic mass is 35.5. The van der Waals surface area contributed by atoms with E-state index >= 15 is 0 Å². The van der Waals surface area contributed by atoms with Crippen LogP contribution in [-0.4, -0.2) is 36.4 Å². The van der Waals surface area contributed by atoms with Gasteiger partial charge >= 0.3 is 0 Å². The Balaban J connectivity index is 1.68. The summed E-state index contributed by atoms with van der Waals surface area (Å²) in [4.78, 5) is 12.6. The van der Waals surface area contributed by atoms with Crippen molar-refractivity contribution in [2.24, 2.45) is 0 Å². The summed E-state index contributed by atoms with van der Waals surface area (Å²) >= 11 is 7.71. The molecule has 3 rings (SSSR count). The number of anilines is 1. The van der Waals surface area contributed by atoms with E-state index in [9.17, 15) is 10.1 Å². The number of halogens is 1. The lowest BCUT2D eigenvalue weighted by Gasteiger charge is -2.14. The number of aryl methyl sites for hydroxylation is 2. The zero-order valence-corrected chi connectivity index (χ0v) is 22.3. The van der Waals surface area contributed by atoms with Gasteiger partial charge in [-0.3, -0.25) is 10.1 Å². The van der Waals surface area contributed by atoms with Crippen molar-refractivity contribution in [2.45, 2.75) is 33.6 Å². The molecule has 36 heavy (non-hydrogen) atoms. The molecule has 0 atom stereocenters. The minimum absolute atomic E-state index is 0.120. The number of ether oxygens (including phenoxy) is 3. The molecule has 1 aromatic heterocycles. The van der Waals surface area contributed by atoms with Crippen LogP contribution in [-0.2, 0) is 4.79 Å². The van der Waals surface area contributed by atoms with Gasteiger partial charge in [-0.2, -0.15) is 5.26 Å². The Morgan fingerprint density at radius 1 is 1.17 bits per heavy atom. The maximum Gasteiger partial charge on any atom is 0.268 e. The predicted octanol–water partition coefficient (Wildman–Crippen LogP) is 5.94. The fourth-order valence-corrected chi connectivity index (χ4v) is 4.08. The van der Waals surface area contributed by atoms with Crippen LogP contribution in [0.1, 0.15) is 41.5 Å². The molecule has 0 saturated carbocycles. The molecule has 0 saturated heterocycles. The highest BCUT2D eigenvalue weighted by molar-refractivity contribution is 7.15. The van der Waals surface area contributed by atoms with E-state index in [2.05, 4.69) is 15.5 Å². The minimum atomic E-state index is -0.595. The van der Waals surface area contributed by atoms with E-state index in [-0.39, 0.29) is 23.1 Å². The lowest BCUT2D eigenvalue weighted by molar-refractivity contribution is -0.112. The topological polar surface area (TPSA) is 106 Å². The zero-order valence-electron chi connectivity index (χ0n) is 20.7. The lowest BCUT2D eigenvalue weighted by atomic mass is 10.1. The van der Waals surface area contributed by atoms with Crippen LogP contribution in [0.2, 0.25) is 5.02 Å². The van der Waals surface area contributed by atoms with Gasteiger partial charge in [-0.05, 0) is 60.9 Å². The summed E-state index contributed by atoms with van der Waals surface area (Å²) in [6.45, 7) is 8.59. The van der Waals surface area contributed by atoms with Gasteiger partial charge in [-0.25, -0.2) is 0 Å². The van der Waals surface area contributed by atoms with Gasteiger partial charge in [0.1, 0.15) is 35.6 Å². The first kappa shape index (κ1) is 27.0. The van der Waals surface area contributed by atoms with E-state index in [1.807, 2.05) is 52.0 Å². The van der Waals surface area contributed by atoms with E-state index in [0.29, 0.717) is 28.8 Å². The number of carbonyl (C=O) groups is 1. The quantitative estimate of drug-likeness (QED) is 0.198. The van der Waals surface area contributed by atoms with E-state index in [1.54, 1.807) is 12.1 Å². The van der Waals surface area contributed by atoms with Gasteiger partial charge in [0.15, 0.2) is 11.5 Å². The first-order chi connectivity index (χ1) is 17.2. The van der Waals surface area contributed by atoms with Gasteiger partial charge < -0.3 is 14.2 Å². The van der Waals surface area contributed by atoms with Crippen LogP contribution in [0.15, 0.2) is 35.9 Å². The number of methoxy groups -OCH3 is 1. The number of benzene rings is 2. The molecule has 0 aliphatic heterocycles. The summed E-state index contributed by atoms with van der Waals surface area (Å²) in [6.07, 6.45) is 1.42. The van der Waals surface area contributed by atoms with Crippen molar-refractivity contribution < 1.29 is 19.0 Å². The van der Waals surface area contributed by atoms with Crippen LogP contribution in [0.3, 0.4) is 0 Å². The number of nitriles is 1. The second-order valence-corrected chi connectivity index (χ2v) is 9.62. The van der Waals surface area contributed by atoms with Gasteiger partial charge in [0.25, 0.3) is 5.91 Å². The molecule has 0 aliphatic rings. The van der Waals surface area contributed by atoms with E-state index in [1.165, 1.54) is 30.1 Å². The molecule has 10 heteroatoms. The molecule has 1 N–H and O–H groups in total. The second kappa shape index (κ2) is 12.4. The minimum Gasteiger partial charge on any atom is -0.493 e. The number of hydrogen-bond donors (Lipinski definition) is 1. The number of hydrogen-bond acceptors (Lipinski definition) is 8. The molecule has 0 radical (unpaired) electrons. The van der Waals surface area contributed by atoms with Gasteiger partial charge in [-0.15, -0.1) is 10.2 Å². The third-order valence-corrected chi connectivity index (χ3v) is 6.58. The summed E-state index contributed by atoms with van der Waals surface area (Å²) in [7, 11) is 1.48. The maximum absolute atomic E-state index is 12.6. The van der Waals surface area contributed by atoms with Crippen LogP contribution >= 0.6 is 22.9 Å². The average Bonchev–Trinajstić information content (AvgIpc) is 3.31. The zero-order chi connectivity index (χ0) is 26.2. The average molecular weight is 527 g/mol. The van der Waals surface area contributed by atoms with Crippen LogP contribution < -0.4 is 19.5 Å². The van der Waals surface area contributed by atoms with Gasteiger partial charge in [0.05, 0.1) is 12.1 Å². The molecule has 0 unspecified atom stereocenters. The Bertz CT molecular complexity index is 1310. The van der Waals surface area contributed by atoms with Gasteiger partial charge in [-0.1, -0.05) is 42.9 Å². The highest BCUT2D eigenvalue weighted by Gasteiger charge is 2.16. The van der Waals surface area contributed by atoms with Crippen molar-refractivity contribution in [2.75, 3.05) is 25.6 Å². The summed E-state index contributed by atoms with van der Waals surface area (Å²) in [5, 5.41) is 21.5. The van der Waals surface area contributed by atoms with Crippen LogP contribution in [0.4, 0.5) is 5.13 Å². The van der Waals surface area contributed by atoms with Crippen LogP contribution in [0.25, 0.3) is 6.08 Å². The van der Waals surface area contributed by atoms with Crippen molar-refractivity contribution in [3.8, 4) is 23.3 Å². The van der Waals surface area contributed by atoms with E-state index in [4.69, 9.17) is 25.8 Å². The molecular formula is C26H27ClN4O4S. The molecule has 1 amide bonds. The SMILES string of the molecule is COc1cc(C=C(C#N)C(=O)Nc2nnc(C(C)C)s2)cc(Cl)c1OCCOc1ccc(C)c(C)c1. The van der Waals surface area contributed by atoms with Crippen molar-refractivity contribution in [3.05, 3.63) is 62.6 Å². The summed E-state index contributed by atoms with van der Waals surface area (Å²) in [5.41, 5.74) is 2.73. The lowest BCUT2D eigenvalue weighted by Crippen LogP contribution is -2.13. The van der Waals surface area contributed by atoms with Crippen molar-refractivity contribution >= 4 is 40.1 Å². The first-order valence-electron chi connectivity index (χ1n) is 11.2. The number of carbonyl (C=O) groups excluding carboxylic acids is 1. The monoisotopic (exact) mass is 526 g/mol. The fraction of sp³-hybridized carbons (Fsp3) is 0.308. The fourth-order valence-electron chi connectivity index (χ4n) is 3.07. The largest absolute Gasteiger partial charge is 0.493 e. The third kappa shape index (κ3) is 6.97. The number of aromatic nitrogens is 2. The van der Waals surface area contributed by atoms with E-state index in [0.717, 1.165) is 16.3 Å². The summed E-state index contributed by atoms with van der Waals surface area (Å²) in [5.74, 6) is 1.06. The van der Waals surface area contributed by atoms with Crippen LogP contribution in [0, 0.1) is 25.2 Å². The van der Waals surface area contributed by atoms with Crippen molar-refractivity contribution in [3.63, 3.8) is 0 Å². The summed E-state index contributed by atoms with van der Waals surface area (Å²) < 4.78 is 17.0. The number of nitrogens with zero attached hydrogens (tertiary/aromatic N) is 3. The normalized spacial score (nSPS) is 11.2. The number of nitrogens with one attached hydrogen (secondary N) is 1. The molecule has 8 nitrogen and oxygen atoms in total. The summed E-state index contributed by atoms with van der Waals surface area (Å²) in [6, 6.07) is 11.0. The molecule has 0 bridgehead atoms. The molecule has 3 aromatic rings. The molecule has 0 spiro atoms. The molecule has 2 aromatic carbocycles. The first-order valence-corrected chi connectivity index (χ1v) is 12.4. The molecule has 0 fully saturated rings. The second-order valence-electron chi connectivity index (χ2n) is 8.20. The molecule has 1 heterocycles. The Labute approximate surface area is 219 Å². The van der Waals surface area contributed by atoms with Crippen LogP contribution in [0.5, 0.6) is 17.2 Å². The third-order valence-electron chi connectivity index (χ3n) is 5.16. The van der Waals surface area contributed by atoms with Crippen molar-refractivity contribution in [1.29, 1.82) is 5.26 Å². The highest BCUT2D eigenvalue weighted by Crippen LogP contribution is 2.37. The standard InChI is InChI=1S/C26H27ClN4O4S/c1-15(2)25-30-31-26(36-25)29-24(32)19(14-28)11-18-12-21(27)23(22(13-18)33-5)35-9-8-34-20-7-6-16(3)17(4)10-20/h6-7,10-13,15H,8-9H2,1-5H3,(H,29,31,32). The molecule has 0 aliphatic carbocycles. The van der Waals surface area contributed by atoms with E-state index < -0.39 is 5.91 Å². The predicted molar refractivity (Wildman–Crippen MR) is 141 cm³/mol.